The molecule has 42 heavy (non-hydrogen) atoms. The van der Waals surface area contributed by atoms with E-state index in [1.54, 1.807) is 32.1 Å². The number of carbonyl (C=O) groups excluding carboxylic acids is 2. The first-order valence-corrected chi connectivity index (χ1v) is 14.0. The molecule has 218 valence electrons. The maximum absolute atomic E-state index is 15.9. The minimum Gasteiger partial charge on any atom is -0.495 e. The lowest BCUT2D eigenvalue weighted by Gasteiger charge is -2.37. The molecule has 1 aliphatic rings. The van der Waals surface area contributed by atoms with Crippen molar-refractivity contribution >= 4 is 42.3 Å². The van der Waals surface area contributed by atoms with Gasteiger partial charge in [0.2, 0.25) is 5.91 Å². The first-order chi connectivity index (χ1) is 19.7. The number of halogens is 3. The standard InChI is InChI=1S/C32H33BClF2N3O3/c1-17(40)18-9-12-24(25(13-18)42-5)38-30(41)29-27(20-7-6-8-22(33)28(20)36)32(16-37,26(39-29)15-31(2,3)4)21-11-10-19(34)14-23(21)35/h6-14,26-27,29,39H,15,33H2,1-5H3,(H,38,41)/t26-,27-,29+,32-/m0/s1. The number of methoxy groups -OCH3 is 1. The van der Waals surface area contributed by atoms with Gasteiger partial charge in [-0.15, -0.1) is 0 Å². The molecule has 0 saturated carbocycles. The molecule has 6 nitrogen and oxygen atoms in total. The fourth-order valence-corrected chi connectivity index (χ4v) is 6.09. The third-order valence-corrected chi connectivity index (χ3v) is 8.07. The summed E-state index contributed by atoms with van der Waals surface area (Å²) in [5.41, 5.74) is -0.880. The van der Waals surface area contributed by atoms with Crippen LogP contribution < -0.4 is 20.8 Å². The molecule has 1 fully saturated rings. The zero-order valence-electron chi connectivity index (χ0n) is 24.4. The highest BCUT2D eigenvalue weighted by molar-refractivity contribution is 6.32. The minimum atomic E-state index is -1.69. The third-order valence-electron chi connectivity index (χ3n) is 7.84. The van der Waals surface area contributed by atoms with Gasteiger partial charge in [0.15, 0.2) is 5.78 Å². The maximum Gasteiger partial charge on any atom is 0.242 e. The number of anilines is 1. The largest absolute Gasteiger partial charge is 0.495 e. The van der Waals surface area contributed by atoms with E-state index >= 15 is 8.78 Å². The lowest BCUT2D eigenvalue weighted by molar-refractivity contribution is -0.118. The number of hydrogen-bond acceptors (Lipinski definition) is 5. The number of ketones is 1. The number of nitriles is 1. The summed E-state index contributed by atoms with van der Waals surface area (Å²) in [7, 11) is 3.01. The number of Topliss-reactive ketones (excluding diaryl/α,β-unsaturated/α-hetero) is 1. The Kier molecular flexibility index (Phi) is 8.82. The lowest BCUT2D eigenvalue weighted by Crippen LogP contribution is -2.45. The van der Waals surface area contributed by atoms with E-state index in [9.17, 15) is 14.9 Å². The van der Waals surface area contributed by atoms with Crippen LogP contribution in [0.4, 0.5) is 14.5 Å². The van der Waals surface area contributed by atoms with Crippen molar-refractivity contribution in [2.45, 2.75) is 57.5 Å². The molecule has 4 rings (SSSR count). The molecule has 0 unspecified atom stereocenters. The number of hydrogen-bond donors (Lipinski definition) is 2. The van der Waals surface area contributed by atoms with E-state index < -0.39 is 41.0 Å². The highest BCUT2D eigenvalue weighted by Gasteiger charge is 2.61. The van der Waals surface area contributed by atoms with E-state index in [4.69, 9.17) is 16.3 Å². The fraction of sp³-hybridized carbons (Fsp3) is 0.344. The van der Waals surface area contributed by atoms with Crippen LogP contribution in [0.3, 0.4) is 0 Å². The van der Waals surface area contributed by atoms with Crippen LogP contribution in [0.15, 0.2) is 54.6 Å². The molecular formula is C32H33BClF2N3O3. The van der Waals surface area contributed by atoms with Crippen molar-refractivity contribution in [3.05, 3.63) is 87.9 Å². The van der Waals surface area contributed by atoms with Gasteiger partial charge < -0.3 is 15.4 Å². The van der Waals surface area contributed by atoms with Gasteiger partial charge in [0.1, 0.15) is 30.6 Å². The second-order valence-electron chi connectivity index (χ2n) is 12.0. The molecule has 1 heterocycles. The van der Waals surface area contributed by atoms with Gasteiger partial charge >= 0.3 is 0 Å². The van der Waals surface area contributed by atoms with E-state index in [-0.39, 0.29) is 38.8 Å². The molecule has 1 aliphatic heterocycles. The van der Waals surface area contributed by atoms with Gasteiger partial charge in [-0.25, -0.2) is 8.78 Å². The van der Waals surface area contributed by atoms with Gasteiger partial charge in [0.05, 0.1) is 24.9 Å². The zero-order chi connectivity index (χ0) is 31.0. The Morgan fingerprint density at radius 1 is 1.17 bits per heavy atom. The Hall–Kier alpha value is -3.74. The average Bonchev–Trinajstić information content (AvgIpc) is 3.23. The molecular weight excluding hydrogens is 559 g/mol. The van der Waals surface area contributed by atoms with E-state index in [0.29, 0.717) is 17.4 Å². The van der Waals surface area contributed by atoms with E-state index in [1.165, 1.54) is 38.3 Å². The Balaban J connectivity index is 1.95. The Bertz CT molecular complexity index is 1590. The average molecular weight is 592 g/mol. The van der Waals surface area contributed by atoms with Crippen LogP contribution in [0.1, 0.15) is 61.5 Å². The van der Waals surface area contributed by atoms with Gasteiger partial charge in [0.25, 0.3) is 0 Å². The smallest absolute Gasteiger partial charge is 0.242 e. The summed E-state index contributed by atoms with van der Waals surface area (Å²) in [4.78, 5) is 26.0. The summed E-state index contributed by atoms with van der Waals surface area (Å²) in [6, 6.07) is 13.9. The normalized spacial score (nSPS) is 21.9. The second-order valence-corrected chi connectivity index (χ2v) is 12.4. The highest BCUT2D eigenvalue weighted by atomic mass is 35.5. The molecule has 0 aromatic heterocycles. The van der Waals surface area contributed by atoms with Gasteiger partial charge in [-0.1, -0.05) is 62.1 Å². The molecule has 1 saturated heterocycles. The molecule has 10 heteroatoms. The third kappa shape index (κ3) is 5.79. The summed E-state index contributed by atoms with van der Waals surface area (Å²) in [5, 5.41) is 17.3. The molecule has 0 bridgehead atoms. The highest BCUT2D eigenvalue weighted by Crippen LogP contribution is 2.52. The first kappa shape index (κ1) is 31.2. The van der Waals surface area contributed by atoms with Crippen LogP contribution in [0.2, 0.25) is 5.02 Å². The quantitative estimate of drug-likeness (QED) is 0.297. The topological polar surface area (TPSA) is 91.2 Å². The maximum atomic E-state index is 15.9. The summed E-state index contributed by atoms with van der Waals surface area (Å²) >= 11 is 6.09. The molecule has 1 amide bonds. The van der Waals surface area contributed by atoms with Crippen molar-refractivity contribution in [2.75, 3.05) is 12.4 Å². The monoisotopic (exact) mass is 591 g/mol. The predicted octanol–water partition coefficient (Wildman–Crippen LogP) is 5.05. The molecule has 0 spiro atoms. The van der Waals surface area contributed by atoms with Crippen LogP contribution in [0, 0.1) is 28.4 Å². The van der Waals surface area contributed by atoms with E-state index in [0.717, 1.165) is 6.07 Å². The second kappa shape index (κ2) is 11.9. The summed E-state index contributed by atoms with van der Waals surface area (Å²) < 4.78 is 37.2. The Morgan fingerprint density at radius 2 is 1.88 bits per heavy atom. The minimum absolute atomic E-state index is 0.0285. The number of benzene rings is 3. The molecule has 0 radical (unpaired) electrons. The Morgan fingerprint density at radius 3 is 2.48 bits per heavy atom. The van der Waals surface area contributed by atoms with Crippen molar-refractivity contribution in [2.24, 2.45) is 5.41 Å². The van der Waals surface area contributed by atoms with Crippen LogP contribution >= 0.6 is 11.6 Å². The number of ether oxygens (including phenoxy) is 1. The van der Waals surface area contributed by atoms with Crippen LogP contribution in [-0.4, -0.2) is 38.7 Å². The number of nitrogens with zero attached hydrogens (tertiary/aromatic N) is 1. The summed E-state index contributed by atoms with van der Waals surface area (Å²) in [5.74, 6) is -2.91. The van der Waals surface area contributed by atoms with Crippen molar-refractivity contribution in [1.82, 2.24) is 5.32 Å². The number of carbonyl (C=O) groups is 2. The SMILES string of the molecule is Bc1cccc([C@H]2[C@H](C(=O)Nc3ccc(C(C)=O)cc3OC)N[C@@H](CC(C)(C)C)[C@]2(C#N)c2ccc(Cl)cc2F)c1F. The van der Waals surface area contributed by atoms with E-state index in [2.05, 4.69) is 16.7 Å². The molecule has 4 atom stereocenters. The van der Waals surface area contributed by atoms with Crippen molar-refractivity contribution < 1.29 is 23.1 Å². The first-order valence-electron chi connectivity index (χ1n) is 13.6. The summed E-state index contributed by atoms with van der Waals surface area (Å²) in [6.07, 6.45) is 0.368. The van der Waals surface area contributed by atoms with Crippen LogP contribution in [0.5, 0.6) is 5.75 Å². The van der Waals surface area contributed by atoms with Gasteiger partial charge in [-0.2, -0.15) is 5.26 Å². The summed E-state index contributed by atoms with van der Waals surface area (Å²) in [6.45, 7) is 7.35. The Labute approximate surface area is 250 Å². The molecule has 3 aromatic rings. The molecule has 3 aromatic carbocycles. The van der Waals surface area contributed by atoms with Gasteiger partial charge in [-0.3, -0.25) is 9.59 Å². The van der Waals surface area contributed by atoms with Gasteiger partial charge in [0, 0.05) is 28.1 Å². The molecule has 2 N–H and O–H groups in total. The van der Waals surface area contributed by atoms with Crippen molar-refractivity contribution in [3.63, 3.8) is 0 Å². The van der Waals surface area contributed by atoms with Gasteiger partial charge in [-0.05, 0) is 54.7 Å². The molecule has 0 aliphatic carbocycles. The van der Waals surface area contributed by atoms with E-state index in [1.807, 2.05) is 20.8 Å². The lowest BCUT2D eigenvalue weighted by atomic mass is 9.62. The van der Waals surface area contributed by atoms with Crippen LogP contribution in [0.25, 0.3) is 0 Å². The number of amides is 1. The zero-order valence-corrected chi connectivity index (χ0v) is 25.2. The fourth-order valence-electron chi connectivity index (χ4n) is 5.93. The number of nitrogens with one attached hydrogen (secondary N) is 2. The van der Waals surface area contributed by atoms with Crippen molar-refractivity contribution in [3.8, 4) is 11.8 Å². The van der Waals surface area contributed by atoms with Crippen molar-refractivity contribution in [1.29, 1.82) is 5.26 Å². The predicted molar refractivity (Wildman–Crippen MR) is 162 cm³/mol. The van der Waals surface area contributed by atoms with Crippen LogP contribution in [-0.2, 0) is 10.2 Å². The number of rotatable bonds is 7.